The smallest absolute Gasteiger partial charge is 0.371 e. The Bertz CT molecular complexity index is 779. The summed E-state index contributed by atoms with van der Waals surface area (Å²) >= 11 is 0. The zero-order chi connectivity index (χ0) is 15.1. The van der Waals surface area contributed by atoms with Gasteiger partial charge in [-0.1, -0.05) is 6.07 Å². The van der Waals surface area contributed by atoms with E-state index in [2.05, 4.69) is 0 Å². The summed E-state index contributed by atoms with van der Waals surface area (Å²) in [6.07, 6.45) is 0. The molecule has 1 N–H and O–H groups in total. The van der Waals surface area contributed by atoms with Gasteiger partial charge in [-0.25, -0.2) is 9.18 Å². The molecule has 0 aliphatic carbocycles. The minimum atomic E-state index is -1.25. The molecule has 0 spiro atoms. The van der Waals surface area contributed by atoms with Gasteiger partial charge >= 0.3 is 5.97 Å². The van der Waals surface area contributed by atoms with Crippen LogP contribution in [-0.2, 0) is 11.3 Å². The van der Waals surface area contributed by atoms with Gasteiger partial charge in [0.25, 0.3) is 11.7 Å². The van der Waals surface area contributed by atoms with Crippen molar-refractivity contribution in [2.24, 2.45) is 0 Å². The zero-order valence-corrected chi connectivity index (χ0v) is 10.5. The van der Waals surface area contributed by atoms with Crippen LogP contribution in [0.3, 0.4) is 0 Å². The highest BCUT2D eigenvalue weighted by Gasteiger charge is 2.38. The number of nitrogens with zero attached hydrogens (tertiary/aromatic N) is 1. The first-order chi connectivity index (χ1) is 9.99. The molecule has 106 valence electrons. The van der Waals surface area contributed by atoms with E-state index in [4.69, 9.17) is 9.52 Å². The maximum absolute atomic E-state index is 13.9. The lowest BCUT2D eigenvalue weighted by molar-refractivity contribution is -0.114. The van der Waals surface area contributed by atoms with Gasteiger partial charge in [-0.3, -0.25) is 14.5 Å². The van der Waals surface area contributed by atoms with Crippen LogP contribution >= 0.6 is 0 Å². The summed E-state index contributed by atoms with van der Waals surface area (Å²) in [6.45, 7) is -0.216. The van der Waals surface area contributed by atoms with E-state index in [-0.39, 0.29) is 29.3 Å². The summed E-state index contributed by atoms with van der Waals surface area (Å²) in [4.78, 5) is 35.4. The first-order valence-electron chi connectivity index (χ1n) is 5.95. The number of amides is 1. The third-order valence-electron chi connectivity index (χ3n) is 3.13. The molecule has 21 heavy (non-hydrogen) atoms. The van der Waals surface area contributed by atoms with Crippen LogP contribution in [0.5, 0.6) is 0 Å². The van der Waals surface area contributed by atoms with Gasteiger partial charge in [-0.05, 0) is 24.3 Å². The van der Waals surface area contributed by atoms with Crippen molar-refractivity contribution in [1.82, 2.24) is 0 Å². The number of furan rings is 1. The van der Waals surface area contributed by atoms with Crippen molar-refractivity contribution in [3.8, 4) is 0 Å². The molecular formula is C14H8FNO5. The van der Waals surface area contributed by atoms with Crippen LogP contribution in [0.4, 0.5) is 10.1 Å². The fourth-order valence-electron chi connectivity index (χ4n) is 2.20. The van der Waals surface area contributed by atoms with Crippen molar-refractivity contribution in [3.63, 3.8) is 0 Å². The van der Waals surface area contributed by atoms with E-state index in [1.807, 2.05) is 0 Å². The van der Waals surface area contributed by atoms with Crippen LogP contribution in [0.2, 0.25) is 0 Å². The second-order valence-electron chi connectivity index (χ2n) is 4.43. The highest BCUT2D eigenvalue weighted by molar-refractivity contribution is 6.52. The Morgan fingerprint density at radius 1 is 1.24 bits per heavy atom. The molecule has 1 aromatic carbocycles. The molecule has 1 aliphatic rings. The Labute approximate surface area is 117 Å². The topological polar surface area (TPSA) is 87.8 Å². The fraction of sp³-hybridized carbons (Fsp3) is 0.0714. The quantitative estimate of drug-likeness (QED) is 0.871. The number of para-hydroxylation sites is 1. The van der Waals surface area contributed by atoms with E-state index in [0.717, 1.165) is 11.0 Å². The molecule has 0 saturated carbocycles. The maximum Gasteiger partial charge on any atom is 0.371 e. The Morgan fingerprint density at radius 2 is 2.00 bits per heavy atom. The lowest BCUT2D eigenvalue weighted by Crippen LogP contribution is -2.29. The molecule has 2 heterocycles. The lowest BCUT2D eigenvalue weighted by Gasteiger charge is -2.15. The minimum Gasteiger partial charge on any atom is -0.475 e. The van der Waals surface area contributed by atoms with Gasteiger partial charge in [0, 0.05) is 0 Å². The number of carboxylic acid groups (broad SMARTS) is 1. The molecule has 2 aromatic rings. The number of hydrogen-bond donors (Lipinski definition) is 1. The summed E-state index contributed by atoms with van der Waals surface area (Å²) in [7, 11) is 0. The van der Waals surface area contributed by atoms with Crippen LogP contribution in [0.25, 0.3) is 0 Å². The van der Waals surface area contributed by atoms with Gasteiger partial charge in [-0.2, -0.15) is 0 Å². The van der Waals surface area contributed by atoms with Gasteiger partial charge < -0.3 is 9.52 Å². The van der Waals surface area contributed by atoms with Crippen molar-refractivity contribution >= 4 is 23.3 Å². The Balaban J connectivity index is 1.98. The second-order valence-corrected chi connectivity index (χ2v) is 4.43. The maximum atomic E-state index is 13.9. The van der Waals surface area contributed by atoms with Crippen molar-refractivity contribution in [1.29, 1.82) is 0 Å². The third kappa shape index (κ3) is 1.99. The lowest BCUT2D eigenvalue weighted by atomic mass is 10.1. The zero-order valence-electron chi connectivity index (χ0n) is 10.5. The molecule has 0 bridgehead atoms. The van der Waals surface area contributed by atoms with Gasteiger partial charge in [-0.15, -0.1) is 0 Å². The number of aromatic carboxylic acids is 1. The van der Waals surface area contributed by atoms with Crippen molar-refractivity contribution in [2.75, 3.05) is 4.90 Å². The normalized spacial score (nSPS) is 13.7. The van der Waals surface area contributed by atoms with Crippen molar-refractivity contribution < 1.29 is 28.3 Å². The van der Waals surface area contributed by atoms with E-state index in [1.165, 1.54) is 24.3 Å². The average molecular weight is 289 g/mol. The monoisotopic (exact) mass is 289 g/mol. The highest BCUT2D eigenvalue weighted by atomic mass is 19.1. The molecule has 1 aliphatic heterocycles. The van der Waals surface area contributed by atoms with E-state index < -0.39 is 23.5 Å². The summed E-state index contributed by atoms with van der Waals surface area (Å²) < 4.78 is 18.9. The summed E-state index contributed by atoms with van der Waals surface area (Å²) in [5.41, 5.74) is -0.120. The molecule has 0 atom stereocenters. The van der Waals surface area contributed by atoms with Crippen LogP contribution in [0.1, 0.15) is 26.7 Å². The van der Waals surface area contributed by atoms with Gasteiger partial charge in [0.05, 0.1) is 17.8 Å². The van der Waals surface area contributed by atoms with Gasteiger partial charge in [0.2, 0.25) is 5.76 Å². The van der Waals surface area contributed by atoms with Crippen LogP contribution in [-0.4, -0.2) is 22.8 Å². The van der Waals surface area contributed by atoms with Crippen molar-refractivity contribution in [2.45, 2.75) is 6.54 Å². The third-order valence-corrected chi connectivity index (χ3v) is 3.13. The number of hydrogen-bond acceptors (Lipinski definition) is 4. The van der Waals surface area contributed by atoms with Gasteiger partial charge in [0.1, 0.15) is 11.6 Å². The van der Waals surface area contributed by atoms with E-state index in [0.29, 0.717) is 0 Å². The molecule has 7 heteroatoms. The number of anilines is 1. The predicted octanol–water partition coefficient (Wildman–Crippen LogP) is 1.85. The molecule has 0 radical (unpaired) electrons. The number of ketones is 1. The van der Waals surface area contributed by atoms with Crippen LogP contribution in [0, 0.1) is 5.82 Å². The molecular weight excluding hydrogens is 281 g/mol. The fourth-order valence-corrected chi connectivity index (χ4v) is 2.20. The van der Waals surface area contributed by atoms with Gasteiger partial charge in [0.15, 0.2) is 0 Å². The number of halogens is 1. The van der Waals surface area contributed by atoms with E-state index >= 15 is 0 Å². The first-order valence-corrected chi connectivity index (χ1v) is 5.95. The number of Topliss-reactive ketones (excluding diaryl/α,β-unsaturated/α-hetero) is 1. The molecule has 0 saturated heterocycles. The number of fused-ring (bicyclic) bond motifs is 1. The molecule has 1 aromatic heterocycles. The molecule has 1 amide bonds. The Hall–Kier alpha value is -2.96. The summed E-state index contributed by atoms with van der Waals surface area (Å²) in [5.74, 6) is -3.77. The molecule has 0 unspecified atom stereocenters. The average Bonchev–Trinajstić information content (AvgIpc) is 3.00. The number of rotatable bonds is 3. The Morgan fingerprint density at radius 3 is 2.67 bits per heavy atom. The molecule has 6 nitrogen and oxygen atoms in total. The Kier molecular flexibility index (Phi) is 2.83. The van der Waals surface area contributed by atoms with Crippen LogP contribution in [0.15, 0.2) is 34.7 Å². The second kappa shape index (κ2) is 4.55. The largest absolute Gasteiger partial charge is 0.475 e. The molecule has 0 fully saturated rings. The number of carbonyl (C=O) groups excluding carboxylic acids is 2. The summed E-state index contributed by atoms with van der Waals surface area (Å²) in [6, 6.07) is 6.44. The van der Waals surface area contributed by atoms with E-state index in [9.17, 15) is 18.8 Å². The SMILES string of the molecule is O=C(O)c1ccc(CN2C(=O)C(=O)c3cccc(F)c32)o1. The highest BCUT2D eigenvalue weighted by Crippen LogP contribution is 2.32. The van der Waals surface area contributed by atoms with Crippen molar-refractivity contribution in [3.05, 3.63) is 53.2 Å². The first kappa shape index (κ1) is 13.0. The summed E-state index contributed by atoms with van der Waals surface area (Å²) in [5, 5.41) is 8.77. The number of carboxylic acids is 1. The number of carbonyl (C=O) groups is 3. The van der Waals surface area contributed by atoms with Crippen LogP contribution < -0.4 is 4.90 Å². The number of benzene rings is 1. The van der Waals surface area contributed by atoms with E-state index in [1.54, 1.807) is 0 Å². The standard InChI is InChI=1S/C14H8FNO5/c15-9-3-1-2-8-11(9)16(13(18)12(8)17)6-7-4-5-10(21-7)14(19)20/h1-5H,6H2,(H,19,20). The predicted molar refractivity (Wildman–Crippen MR) is 67.6 cm³/mol. The minimum absolute atomic E-state index is 0.00925. The molecule has 3 rings (SSSR count).